The maximum absolute atomic E-state index is 14.6. The van der Waals surface area contributed by atoms with Crippen LogP contribution in [-0.4, -0.2) is 93.9 Å². The number of hydrogen-bond donors (Lipinski definition) is 4. The Kier molecular flexibility index (Phi) is 14.9. The standard InChI is InChI=1S/C16H13F17O3.2C2H6O/c1-3-8(5-34,4-6(2)7(35)36)9(17,18)10(19,20)11(21,22)12(23,24)13(25,26)14(27,28)15(29,30)16(31,32)33;2*1-2-3/h4,34H,3,5H2,1-2H3,(H,35,36);2*3H,2H2,1H3. The van der Waals surface area contributed by atoms with Gasteiger partial charge < -0.3 is 20.4 Å². The number of carboxylic acid groups (broad SMARTS) is 1. The molecule has 1 atom stereocenters. The fourth-order valence-electron chi connectivity index (χ4n) is 2.62. The van der Waals surface area contributed by atoms with Crippen LogP contribution in [0.1, 0.15) is 34.1 Å². The lowest BCUT2D eigenvalue weighted by Gasteiger charge is -2.46. The van der Waals surface area contributed by atoms with Gasteiger partial charge in [-0.15, -0.1) is 0 Å². The molecule has 0 aromatic heterocycles. The van der Waals surface area contributed by atoms with Gasteiger partial charge in [0, 0.05) is 18.8 Å². The van der Waals surface area contributed by atoms with Crippen LogP contribution in [0.15, 0.2) is 11.6 Å². The Hall–Kier alpha value is -2.10. The second kappa shape index (κ2) is 14.1. The smallest absolute Gasteiger partial charge is 0.460 e. The van der Waals surface area contributed by atoms with E-state index in [9.17, 15) is 79.4 Å². The molecule has 22 heteroatoms. The lowest BCUT2D eigenvalue weighted by molar-refractivity contribution is -0.465. The third-order valence-electron chi connectivity index (χ3n) is 5.09. The molecule has 0 heterocycles. The Morgan fingerprint density at radius 3 is 0.976 bits per heavy atom. The summed E-state index contributed by atoms with van der Waals surface area (Å²) in [6, 6.07) is 0. The fourth-order valence-corrected chi connectivity index (χ4v) is 2.62. The van der Waals surface area contributed by atoms with E-state index in [0.717, 1.165) is 0 Å². The van der Waals surface area contributed by atoms with Gasteiger partial charge in [0.2, 0.25) is 0 Å². The molecule has 0 rings (SSSR count). The summed E-state index contributed by atoms with van der Waals surface area (Å²) < 4.78 is 228. The van der Waals surface area contributed by atoms with Crippen molar-refractivity contribution >= 4 is 5.97 Å². The predicted octanol–water partition coefficient (Wildman–Crippen LogP) is 6.41. The molecule has 0 fully saturated rings. The number of hydrogen-bond acceptors (Lipinski definition) is 4. The van der Waals surface area contributed by atoms with Crippen LogP contribution in [0.3, 0.4) is 0 Å². The molecule has 0 aliphatic rings. The minimum Gasteiger partial charge on any atom is -0.478 e. The van der Waals surface area contributed by atoms with Gasteiger partial charge in [-0.3, -0.25) is 0 Å². The third kappa shape index (κ3) is 7.16. The number of carbonyl (C=O) groups is 1. The van der Waals surface area contributed by atoms with Crippen LogP contribution >= 0.6 is 0 Å². The van der Waals surface area contributed by atoms with Gasteiger partial charge in [-0.1, -0.05) is 13.0 Å². The van der Waals surface area contributed by atoms with Crippen molar-refractivity contribution in [2.24, 2.45) is 5.41 Å². The van der Waals surface area contributed by atoms with Gasteiger partial charge in [-0.25, -0.2) is 4.79 Å². The maximum Gasteiger partial charge on any atom is 0.460 e. The second-order valence-electron chi connectivity index (χ2n) is 7.95. The highest BCUT2D eigenvalue weighted by atomic mass is 19.4. The number of rotatable bonds is 11. The highest BCUT2D eigenvalue weighted by molar-refractivity contribution is 5.86. The third-order valence-corrected chi connectivity index (χ3v) is 5.09. The summed E-state index contributed by atoms with van der Waals surface area (Å²) in [7, 11) is 0. The van der Waals surface area contributed by atoms with Gasteiger partial charge in [0.15, 0.2) is 0 Å². The van der Waals surface area contributed by atoms with Gasteiger partial charge in [0.05, 0.1) is 12.0 Å². The number of halogens is 17. The molecule has 1 unspecified atom stereocenters. The molecule has 0 saturated heterocycles. The van der Waals surface area contributed by atoms with E-state index in [2.05, 4.69) is 0 Å². The summed E-state index contributed by atoms with van der Waals surface area (Å²) in [5.41, 5.74) is -5.77. The first kappa shape index (κ1) is 44.3. The van der Waals surface area contributed by atoms with E-state index in [1.165, 1.54) is 0 Å². The van der Waals surface area contributed by atoms with Crippen molar-refractivity contribution in [1.82, 2.24) is 0 Å². The minimum atomic E-state index is -8.77. The van der Waals surface area contributed by atoms with Crippen LogP contribution in [-0.2, 0) is 4.79 Å². The Bertz CT molecular complexity index is 892. The SMILES string of the molecule is CCC(C=C(C)C(=O)O)(CO)C(F)(F)C(F)(F)C(F)(F)C(F)(F)C(F)(F)C(F)(F)C(F)(F)C(F)(F)F.CCO.CCO. The highest BCUT2D eigenvalue weighted by Crippen LogP contribution is 2.66. The molecule has 0 aromatic rings. The molecule has 254 valence electrons. The van der Waals surface area contributed by atoms with E-state index < -0.39 is 83.7 Å². The van der Waals surface area contributed by atoms with Gasteiger partial charge >= 0.3 is 53.6 Å². The molecule has 0 bridgehead atoms. The van der Waals surface area contributed by atoms with Gasteiger partial charge in [-0.05, 0) is 27.2 Å². The number of aliphatic carboxylic acids is 1. The summed E-state index contributed by atoms with van der Waals surface area (Å²) in [6.45, 7) is 2.00. The van der Waals surface area contributed by atoms with E-state index in [4.69, 9.17) is 20.4 Å². The van der Waals surface area contributed by atoms with Crippen molar-refractivity contribution < 1.29 is 99.9 Å². The minimum absolute atomic E-state index is 0.250. The average molecular weight is 668 g/mol. The molecule has 0 radical (unpaired) electrons. The summed E-state index contributed by atoms with van der Waals surface area (Å²) in [5, 5.41) is 32.9. The van der Waals surface area contributed by atoms with Crippen molar-refractivity contribution in [2.45, 2.75) is 81.7 Å². The quantitative estimate of drug-likeness (QED) is 0.151. The molecule has 42 heavy (non-hydrogen) atoms. The Labute approximate surface area is 225 Å². The first-order valence-corrected chi connectivity index (χ1v) is 10.7. The zero-order valence-corrected chi connectivity index (χ0v) is 21.5. The summed E-state index contributed by atoms with van der Waals surface area (Å²) >= 11 is 0. The summed E-state index contributed by atoms with van der Waals surface area (Å²) in [6.07, 6.45) is -10.2. The van der Waals surface area contributed by atoms with Gasteiger partial charge in [0.1, 0.15) is 0 Å². The van der Waals surface area contributed by atoms with E-state index in [0.29, 0.717) is 13.8 Å². The van der Waals surface area contributed by atoms with Gasteiger partial charge in [-0.2, -0.15) is 74.6 Å². The Balaban J connectivity index is -0.00000231. The largest absolute Gasteiger partial charge is 0.478 e. The lowest BCUT2D eigenvalue weighted by atomic mass is 9.72. The predicted molar refractivity (Wildman–Crippen MR) is 107 cm³/mol. The van der Waals surface area contributed by atoms with Crippen molar-refractivity contribution in [3.05, 3.63) is 11.6 Å². The normalized spacial score (nSPS) is 16.0. The number of alkyl halides is 17. The number of aliphatic hydroxyl groups is 3. The summed E-state index contributed by atoms with van der Waals surface area (Å²) in [4.78, 5) is 10.8. The van der Waals surface area contributed by atoms with E-state index in [-0.39, 0.29) is 13.2 Å². The zero-order chi connectivity index (χ0) is 35.2. The average Bonchev–Trinajstić information content (AvgIpc) is 2.81. The zero-order valence-electron chi connectivity index (χ0n) is 21.5. The van der Waals surface area contributed by atoms with E-state index >= 15 is 0 Å². The molecule has 5 nitrogen and oxygen atoms in total. The number of carboxylic acids is 1. The van der Waals surface area contributed by atoms with Crippen molar-refractivity contribution in [3.63, 3.8) is 0 Å². The fraction of sp³-hybridized carbons (Fsp3) is 0.850. The molecule has 0 aromatic carbocycles. The van der Waals surface area contributed by atoms with Crippen molar-refractivity contribution in [3.8, 4) is 0 Å². The van der Waals surface area contributed by atoms with Crippen molar-refractivity contribution in [1.29, 1.82) is 0 Å². The summed E-state index contributed by atoms with van der Waals surface area (Å²) in [5.74, 6) is -60.2. The van der Waals surface area contributed by atoms with Gasteiger partial charge in [0.25, 0.3) is 0 Å². The lowest BCUT2D eigenvalue weighted by Crippen LogP contribution is -2.75. The molecule has 0 spiro atoms. The molecule has 0 amide bonds. The van der Waals surface area contributed by atoms with Crippen LogP contribution in [0.5, 0.6) is 0 Å². The topological polar surface area (TPSA) is 98.0 Å². The highest BCUT2D eigenvalue weighted by Gasteiger charge is 2.96. The Morgan fingerprint density at radius 1 is 0.548 bits per heavy atom. The first-order valence-electron chi connectivity index (χ1n) is 10.7. The molecule has 0 aliphatic carbocycles. The van der Waals surface area contributed by atoms with Crippen LogP contribution in [0, 0.1) is 5.41 Å². The molecule has 4 N–H and O–H groups in total. The maximum atomic E-state index is 14.6. The number of aliphatic hydroxyl groups excluding tert-OH is 3. The molecular weight excluding hydrogens is 643 g/mol. The van der Waals surface area contributed by atoms with Crippen LogP contribution in [0.4, 0.5) is 74.6 Å². The Morgan fingerprint density at radius 2 is 0.786 bits per heavy atom. The van der Waals surface area contributed by atoms with Crippen LogP contribution in [0.25, 0.3) is 0 Å². The van der Waals surface area contributed by atoms with E-state index in [1.807, 2.05) is 0 Å². The van der Waals surface area contributed by atoms with Crippen LogP contribution < -0.4 is 0 Å². The molecule has 0 aliphatic heterocycles. The molecular formula is C20H25F17O5. The first-order chi connectivity index (χ1) is 18.3. The van der Waals surface area contributed by atoms with E-state index in [1.54, 1.807) is 13.8 Å². The second-order valence-corrected chi connectivity index (χ2v) is 7.95. The molecule has 0 saturated carbocycles. The van der Waals surface area contributed by atoms with Crippen molar-refractivity contribution in [2.75, 3.05) is 19.8 Å². The van der Waals surface area contributed by atoms with Crippen LogP contribution in [0.2, 0.25) is 0 Å². The monoisotopic (exact) mass is 668 g/mol.